The predicted molar refractivity (Wildman–Crippen MR) is 68.8 cm³/mol. The zero-order valence-corrected chi connectivity index (χ0v) is 11.0. The van der Waals surface area contributed by atoms with Gasteiger partial charge in [-0.1, -0.05) is 26.2 Å². The number of carbonyl (C=O) groups excluding carboxylic acids is 1. The third-order valence-corrected chi connectivity index (χ3v) is 3.55. The highest BCUT2D eigenvalue weighted by Gasteiger charge is 2.22. The molecule has 3 N–H and O–H groups in total. The molecule has 0 aromatic rings. The normalized spacial score (nSPS) is 27.2. The largest absolute Gasteiger partial charge is 0.391 e. The minimum atomic E-state index is -0.370. The number of hydrogen-bond donors (Lipinski definition) is 3. The lowest BCUT2D eigenvalue weighted by Crippen LogP contribution is -2.47. The first kappa shape index (κ1) is 14.5. The van der Waals surface area contributed by atoms with Gasteiger partial charge in [0.1, 0.15) is 0 Å². The number of amides is 1. The van der Waals surface area contributed by atoms with Gasteiger partial charge in [0, 0.05) is 6.04 Å². The lowest BCUT2D eigenvalue weighted by atomic mass is 10.1. The molecule has 0 radical (unpaired) electrons. The average molecular weight is 242 g/mol. The van der Waals surface area contributed by atoms with E-state index in [4.69, 9.17) is 0 Å². The fourth-order valence-electron chi connectivity index (χ4n) is 2.13. The number of nitrogens with one attached hydrogen (secondary N) is 2. The van der Waals surface area contributed by atoms with Crippen molar-refractivity contribution >= 4 is 5.91 Å². The summed E-state index contributed by atoms with van der Waals surface area (Å²) in [6.07, 6.45) is 5.68. The summed E-state index contributed by atoms with van der Waals surface area (Å²) in [5.74, 6) is -0.00347. The number of carbonyl (C=O) groups is 1. The minimum absolute atomic E-state index is 0.00347. The molecule has 1 amide bonds. The molecule has 0 bridgehead atoms. The minimum Gasteiger partial charge on any atom is -0.391 e. The molecule has 4 nitrogen and oxygen atoms in total. The van der Waals surface area contributed by atoms with Crippen LogP contribution in [-0.4, -0.2) is 35.7 Å². The molecule has 1 aliphatic carbocycles. The summed E-state index contributed by atoms with van der Waals surface area (Å²) in [5.41, 5.74) is 0. The standard InChI is InChI=1S/C13H26N2O2/c1-3-10(2)14-9-13(17)15-11-7-5-4-6-8-12(11)16/h10-12,14,16H,3-9H2,1-2H3,(H,15,17). The highest BCUT2D eigenvalue weighted by molar-refractivity contribution is 5.78. The Morgan fingerprint density at radius 3 is 2.76 bits per heavy atom. The summed E-state index contributed by atoms with van der Waals surface area (Å²) < 4.78 is 0. The van der Waals surface area contributed by atoms with Gasteiger partial charge in [0.2, 0.25) is 5.91 Å². The summed E-state index contributed by atoms with van der Waals surface area (Å²) in [6, 6.07) is 0.309. The highest BCUT2D eigenvalue weighted by Crippen LogP contribution is 2.17. The van der Waals surface area contributed by atoms with Crippen molar-refractivity contribution < 1.29 is 9.90 Å². The zero-order chi connectivity index (χ0) is 12.7. The van der Waals surface area contributed by atoms with Crippen molar-refractivity contribution in [1.29, 1.82) is 0 Å². The molecule has 1 rings (SSSR count). The fraction of sp³-hybridized carbons (Fsp3) is 0.923. The second-order valence-electron chi connectivity index (χ2n) is 5.07. The Morgan fingerprint density at radius 1 is 1.35 bits per heavy atom. The summed E-state index contributed by atoms with van der Waals surface area (Å²) in [5, 5.41) is 16.0. The van der Waals surface area contributed by atoms with Crippen LogP contribution in [0.2, 0.25) is 0 Å². The van der Waals surface area contributed by atoms with Crippen LogP contribution < -0.4 is 10.6 Å². The van der Waals surface area contributed by atoms with Crippen LogP contribution in [0.1, 0.15) is 52.4 Å². The third kappa shape index (κ3) is 5.50. The van der Waals surface area contributed by atoms with Gasteiger partial charge in [0.25, 0.3) is 0 Å². The quantitative estimate of drug-likeness (QED) is 0.635. The predicted octanol–water partition coefficient (Wildman–Crippen LogP) is 1.18. The van der Waals surface area contributed by atoms with Gasteiger partial charge in [-0.3, -0.25) is 4.79 Å². The van der Waals surface area contributed by atoms with E-state index in [2.05, 4.69) is 24.5 Å². The Hall–Kier alpha value is -0.610. The van der Waals surface area contributed by atoms with E-state index >= 15 is 0 Å². The maximum atomic E-state index is 11.7. The van der Waals surface area contributed by atoms with E-state index in [-0.39, 0.29) is 18.1 Å². The second-order valence-corrected chi connectivity index (χ2v) is 5.07. The first-order valence-electron chi connectivity index (χ1n) is 6.84. The van der Waals surface area contributed by atoms with Crippen LogP contribution in [0.25, 0.3) is 0 Å². The van der Waals surface area contributed by atoms with E-state index in [1.165, 1.54) is 0 Å². The molecule has 1 saturated carbocycles. The van der Waals surface area contributed by atoms with Crippen molar-refractivity contribution in [2.75, 3.05) is 6.54 Å². The van der Waals surface area contributed by atoms with E-state index in [9.17, 15) is 9.90 Å². The number of hydrogen-bond acceptors (Lipinski definition) is 3. The molecular formula is C13H26N2O2. The Kier molecular flexibility index (Phi) is 6.52. The van der Waals surface area contributed by atoms with Gasteiger partial charge in [-0.05, 0) is 26.2 Å². The fourth-order valence-corrected chi connectivity index (χ4v) is 2.13. The van der Waals surface area contributed by atoms with Gasteiger partial charge in [-0.15, -0.1) is 0 Å². The number of aliphatic hydroxyl groups is 1. The summed E-state index contributed by atoms with van der Waals surface area (Å²) >= 11 is 0. The topological polar surface area (TPSA) is 61.4 Å². The Balaban J connectivity index is 2.28. The van der Waals surface area contributed by atoms with Gasteiger partial charge >= 0.3 is 0 Å². The van der Waals surface area contributed by atoms with Crippen molar-refractivity contribution in [2.45, 2.75) is 70.6 Å². The van der Waals surface area contributed by atoms with Crippen LogP contribution in [0.5, 0.6) is 0 Å². The molecule has 0 aromatic heterocycles. The molecule has 0 saturated heterocycles. The van der Waals surface area contributed by atoms with Crippen LogP contribution in [0.15, 0.2) is 0 Å². The van der Waals surface area contributed by atoms with E-state index in [0.717, 1.165) is 38.5 Å². The molecule has 0 aliphatic heterocycles. The molecule has 100 valence electrons. The van der Waals surface area contributed by atoms with Crippen LogP contribution in [-0.2, 0) is 4.79 Å². The van der Waals surface area contributed by atoms with Gasteiger partial charge in [-0.25, -0.2) is 0 Å². The molecular weight excluding hydrogens is 216 g/mol. The maximum absolute atomic E-state index is 11.7. The average Bonchev–Trinajstić information content (AvgIpc) is 2.52. The van der Waals surface area contributed by atoms with Crippen LogP contribution >= 0.6 is 0 Å². The van der Waals surface area contributed by atoms with E-state index in [1.807, 2.05) is 0 Å². The van der Waals surface area contributed by atoms with Crippen molar-refractivity contribution in [1.82, 2.24) is 10.6 Å². The van der Waals surface area contributed by atoms with Crippen LogP contribution in [0.3, 0.4) is 0 Å². The summed E-state index contributed by atoms with van der Waals surface area (Å²) in [6.45, 7) is 4.50. The third-order valence-electron chi connectivity index (χ3n) is 3.55. The highest BCUT2D eigenvalue weighted by atomic mass is 16.3. The lowest BCUT2D eigenvalue weighted by Gasteiger charge is -2.22. The van der Waals surface area contributed by atoms with Gasteiger partial charge in [0.05, 0.1) is 18.7 Å². The van der Waals surface area contributed by atoms with Gasteiger partial charge in [-0.2, -0.15) is 0 Å². The van der Waals surface area contributed by atoms with Crippen LogP contribution in [0, 0.1) is 0 Å². The van der Waals surface area contributed by atoms with E-state index < -0.39 is 0 Å². The molecule has 0 aromatic carbocycles. The first-order chi connectivity index (χ1) is 8.13. The molecule has 4 heteroatoms. The number of aliphatic hydroxyl groups excluding tert-OH is 1. The number of rotatable bonds is 5. The maximum Gasteiger partial charge on any atom is 0.234 e. The molecule has 1 aliphatic rings. The van der Waals surface area contributed by atoms with E-state index in [0.29, 0.717) is 12.6 Å². The van der Waals surface area contributed by atoms with Gasteiger partial charge < -0.3 is 15.7 Å². The van der Waals surface area contributed by atoms with Crippen molar-refractivity contribution in [3.05, 3.63) is 0 Å². The Labute approximate surface area is 104 Å². The molecule has 3 atom stereocenters. The summed E-state index contributed by atoms with van der Waals surface area (Å²) in [4.78, 5) is 11.7. The summed E-state index contributed by atoms with van der Waals surface area (Å²) in [7, 11) is 0. The Morgan fingerprint density at radius 2 is 2.06 bits per heavy atom. The van der Waals surface area contributed by atoms with Crippen molar-refractivity contribution in [3.63, 3.8) is 0 Å². The molecule has 0 heterocycles. The first-order valence-corrected chi connectivity index (χ1v) is 6.84. The monoisotopic (exact) mass is 242 g/mol. The smallest absolute Gasteiger partial charge is 0.234 e. The molecule has 3 unspecified atom stereocenters. The Bertz CT molecular complexity index is 233. The van der Waals surface area contributed by atoms with E-state index in [1.54, 1.807) is 0 Å². The zero-order valence-electron chi connectivity index (χ0n) is 11.0. The molecule has 17 heavy (non-hydrogen) atoms. The lowest BCUT2D eigenvalue weighted by molar-refractivity contribution is -0.122. The van der Waals surface area contributed by atoms with Crippen molar-refractivity contribution in [3.8, 4) is 0 Å². The molecule has 1 fully saturated rings. The van der Waals surface area contributed by atoms with Gasteiger partial charge in [0.15, 0.2) is 0 Å². The SMILES string of the molecule is CCC(C)NCC(=O)NC1CCCCCC1O. The van der Waals surface area contributed by atoms with Crippen molar-refractivity contribution in [2.24, 2.45) is 0 Å². The van der Waals surface area contributed by atoms with Crippen LogP contribution in [0.4, 0.5) is 0 Å². The molecule has 0 spiro atoms. The second kappa shape index (κ2) is 7.67.